The molecule has 0 radical (unpaired) electrons. The molecule has 0 amide bonds. The van der Waals surface area contributed by atoms with E-state index in [4.69, 9.17) is 4.43 Å². The molecule has 0 aromatic rings. The minimum absolute atomic E-state index is 0.268. The molecule has 0 aliphatic heterocycles. The molecule has 0 aromatic heterocycles. The van der Waals surface area contributed by atoms with Crippen molar-refractivity contribution in [2.45, 2.75) is 84.7 Å². The summed E-state index contributed by atoms with van der Waals surface area (Å²) in [5, 5.41) is 0.579. The van der Waals surface area contributed by atoms with Crippen molar-refractivity contribution in [2.75, 3.05) is 6.61 Å². The minimum Gasteiger partial charge on any atom is -0.416 e. The first-order valence-corrected chi connectivity index (χ1v) is 16.3. The highest BCUT2D eigenvalue weighted by atomic mass is 28.4. The van der Waals surface area contributed by atoms with Gasteiger partial charge in [0.05, 0.1) is 0 Å². The van der Waals surface area contributed by atoms with Crippen LogP contribution in [0.1, 0.15) is 48.5 Å². The largest absolute Gasteiger partial charge is 0.416 e. The molecule has 0 aliphatic carbocycles. The molecular formula is C25H44OSi2. The summed E-state index contributed by atoms with van der Waals surface area (Å²) in [5.74, 6) is 3.64. The number of hydrogen-bond donors (Lipinski definition) is 0. The van der Waals surface area contributed by atoms with Crippen LogP contribution in [0, 0.1) is 17.4 Å². The summed E-state index contributed by atoms with van der Waals surface area (Å²) >= 11 is 0. The van der Waals surface area contributed by atoms with Gasteiger partial charge in [0.15, 0.2) is 8.32 Å². The summed E-state index contributed by atoms with van der Waals surface area (Å²) in [6.07, 6.45) is 16.4. The molecule has 0 heterocycles. The second kappa shape index (κ2) is 11.2. The molecule has 0 bridgehead atoms. The van der Waals surface area contributed by atoms with Gasteiger partial charge in [0.2, 0.25) is 0 Å². The Morgan fingerprint density at radius 1 is 0.786 bits per heavy atom. The van der Waals surface area contributed by atoms with E-state index in [0.29, 0.717) is 11.0 Å². The first-order valence-electron chi connectivity index (χ1n) is 10.4. The Bertz CT molecular complexity index is 639. The molecule has 0 rings (SSSR count). The van der Waals surface area contributed by atoms with Crippen LogP contribution in [0.3, 0.4) is 0 Å². The maximum absolute atomic E-state index is 6.26. The Morgan fingerprint density at radius 2 is 1.29 bits per heavy atom. The normalized spacial score (nSPS) is 15.7. The van der Waals surface area contributed by atoms with E-state index in [2.05, 4.69) is 104 Å². The van der Waals surface area contributed by atoms with Crippen LogP contribution in [0.15, 0.2) is 48.6 Å². The molecule has 28 heavy (non-hydrogen) atoms. The first-order chi connectivity index (χ1) is 12.6. The lowest BCUT2D eigenvalue weighted by atomic mass is 10.2. The highest BCUT2D eigenvalue weighted by molar-refractivity contribution is 6.87. The number of allylic oxidation sites excluding steroid dienone is 7. The zero-order valence-corrected chi connectivity index (χ0v) is 22.3. The van der Waals surface area contributed by atoms with Crippen LogP contribution in [0.5, 0.6) is 0 Å². The Morgan fingerprint density at radius 3 is 1.79 bits per heavy atom. The SMILES string of the molecule is C[C@@H](/C=C/C=C/C=C/C=C/C#C[Si](C)(C)C(C)(C)C)CO[Si](C)(C)C(C)(C)C. The van der Waals surface area contributed by atoms with E-state index in [1.807, 2.05) is 30.4 Å². The van der Waals surface area contributed by atoms with Crippen molar-refractivity contribution in [1.82, 2.24) is 0 Å². The Kier molecular flexibility index (Phi) is 10.8. The van der Waals surface area contributed by atoms with Crippen LogP contribution in [-0.4, -0.2) is 23.0 Å². The van der Waals surface area contributed by atoms with Crippen LogP contribution in [0.2, 0.25) is 36.3 Å². The lowest BCUT2D eigenvalue weighted by Gasteiger charge is -2.36. The van der Waals surface area contributed by atoms with Crippen molar-refractivity contribution in [3.8, 4) is 11.5 Å². The Balaban J connectivity index is 4.38. The van der Waals surface area contributed by atoms with E-state index in [9.17, 15) is 0 Å². The smallest absolute Gasteiger partial charge is 0.192 e. The van der Waals surface area contributed by atoms with E-state index in [0.717, 1.165) is 6.61 Å². The van der Waals surface area contributed by atoms with Crippen molar-refractivity contribution >= 4 is 16.4 Å². The lowest BCUT2D eigenvalue weighted by molar-refractivity contribution is 0.259. The molecule has 0 saturated heterocycles. The van der Waals surface area contributed by atoms with Gasteiger partial charge in [0.1, 0.15) is 8.07 Å². The van der Waals surface area contributed by atoms with Crippen molar-refractivity contribution in [1.29, 1.82) is 0 Å². The van der Waals surface area contributed by atoms with Crippen LogP contribution in [0.4, 0.5) is 0 Å². The van der Waals surface area contributed by atoms with Gasteiger partial charge in [-0.05, 0) is 35.2 Å². The third-order valence-electron chi connectivity index (χ3n) is 5.95. The zero-order valence-electron chi connectivity index (χ0n) is 20.3. The zero-order chi connectivity index (χ0) is 22.1. The van der Waals surface area contributed by atoms with E-state index < -0.39 is 16.4 Å². The molecule has 0 aliphatic rings. The summed E-state index contributed by atoms with van der Waals surface area (Å²) < 4.78 is 6.26. The third-order valence-corrected chi connectivity index (χ3v) is 15.0. The first kappa shape index (κ1) is 26.9. The summed E-state index contributed by atoms with van der Waals surface area (Å²) in [5.41, 5.74) is 3.48. The monoisotopic (exact) mass is 416 g/mol. The molecule has 1 nitrogen and oxygen atoms in total. The van der Waals surface area contributed by atoms with Crippen LogP contribution >= 0.6 is 0 Å². The fourth-order valence-electron chi connectivity index (χ4n) is 1.64. The molecule has 0 fully saturated rings. The van der Waals surface area contributed by atoms with E-state index >= 15 is 0 Å². The van der Waals surface area contributed by atoms with Crippen LogP contribution in [0.25, 0.3) is 0 Å². The second-order valence-corrected chi connectivity index (χ2v) is 20.5. The minimum atomic E-state index is -1.65. The standard InChI is InChI=1S/C25H44OSi2/c1-23(22-26-28(10,11)25(5,6)7)20-18-16-14-12-13-15-17-19-21-27(8,9)24(2,3)4/h12-18,20,23H,22H2,1-11H3/b13-12+,16-14+,17-15+,20-18+/t23-/m0/s1. The molecular weight excluding hydrogens is 372 g/mol. The molecule has 0 aromatic carbocycles. The van der Waals surface area contributed by atoms with Crippen LogP contribution in [-0.2, 0) is 4.43 Å². The second-order valence-electron chi connectivity index (χ2n) is 10.7. The molecule has 0 saturated carbocycles. The summed E-state index contributed by atoms with van der Waals surface area (Å²) in [4.78, 5) is 0. The third kappa shape index (κ3) is 10.5. The highest BCUT2D eigenvalue weighted by Gasteiger charge is 2.37. The van der Waals surface area contributed by atoms with Gasteiger partial charge in [-0.1, -0.05) is 110 Å². The van der Waals surface area contributed by atoms with Gasteiger partial charge in [-0.2, -0.15) is 0 Å². The Labute approximate surface area is 178 Å². The molecule has 3 heteroatoms. The van der Waals surface area contributed by atoms with Gasteiger partial charge >= 0.3 is 0 Å². The molecule has 0 unspecified atom stereocenters. The van der Waals surface area contributed by atoms with Gasteiger partial charge in [-0.15, -0.1) is 5.54 Å². The predicted molar refractivity (Wildman–Crippen MR) is 134 cm³/mol. The van der Waals surface area contributed by atoms with E-state index in [-0.39, 0.29) is 5.04 Å². The van der Waals surface area contributed by atoms with Crippen molar-refractivity contribution in [2.24, 2.45) is 5.92 Å². The molecule has 0 N–H and O–H groups in total. The Hall–Kier alpha value is -1.09. The number of hydrogen-bond acceptors (Lipinski definition) is 1. The van der Waals surface area contributed by atoms with Gasteiger partial charge in [0.25, 0.3) is 0 Å². The average Bonchev–Trinajstić information content (AvgIpc) is 2.52. The predicted octanol–water partition coefficient (Wildman–Crippen LogP) is 7.92. The van der Waals surface area contributed by atoms with Crippen LogP contribution < -0.4 is 0 Å². The maximum atomic E-state index is 6.26. The molecule has 1 atom stereocenters. The average molecular weight is 417 g/mol. The quantitative estimate of drug-likeness (QED) is 0.232. The number of rotatable bonds is 7. The van der Waals surface area contributed by atoms with E-state index in [1.54, 1.807) is 0 Å². The summed E-state index contributed by atoms with van der Waals surface area (Å²) in [6, 6.07) is 0. The van der Waals surface area contributed by atoms with E-state index in [1.165, 1.54) is 0 Å². The van der Waals surface area contributed by atoms with Crippen molar-refractivity contribution in [3.63, 3.8) is 0 Å². The van der Waals surface area contributed by atoms with Gasteiger partial charge in [-0.25, -0.2) is 0 Å². The molecule has 158 valence electrons. The van der Waals surface area contributed by atoms with Gasteiger partial charge < -0.3 is 4.43 Å². The van der Waals surface area contributed by atoms with Gasteiger partial charge in [-0.3, -0.25) is 0 Å². The highest BCUT2D eigenvalue weighted by Crippen LogP contribution is 2.37. The van der Waals surface area contributed by atoms with Gasteiger partial charge in [0, 0.05) is 6.61 Å². The van der Waals surface area contributed by atoms with Crippen molar-refractivity contribution < 1.29 is 4.43 Å². The molecule has 0 spiro atoms. The fourth-order valence-corrected chi connectivity index (χ4v) is 3.57. The maximum Gasteiger partial charge on any atom is 0.192 e. The topological polar surface area (TPSA) is 9.23 Å². The fraction of sp³-hybridized carbons (Fsp3) is 0.600. The van der Waals surface area contributed by atoms with Crippen molar-refractivity contribution in [3.05, 3.63) is 48.6 Å². The lowest BCUT2D eigenvalue weighted by Crippen LogP contribution is -2.41. The summed E-state index contributed by atoms with van der Waals surface area (Å²) in [7, 11) is -3.14. The summed E-state index contributed by atoms with van der Waals surface area (Å²) in [6.45, 7) is 26.0.